The number of carbonyl (C=O) groups is 1. The molecule has 5 nitrogen and oxygen atoms in total. The Hall–Kier alpha value is -2.01. The molecule has 5 heteroatoms. The minimum atomic E-state index is -0.160. The van der Waals surface area contributed by atoms with Crippen LogP contribution in [0.5, 0.6) is 0 Å². The van der Waals surface area contributed by atoms with Crippen molar-refractivity contribution in [1.29, 1.82) is 0 Å². The van der Waals surface area contributed by atoms with Gasteiger partial charge >= 0.3 is 5.97 Å². The number of nitrogens with two attached hydrogens (primary N) is 1. The van der Waals surface area contributed by atoms with Crippen molar-refractivity contribution in [1.82, 2.24) is 9.47 Å². The van der Waals surface area contributed by atoms with Gasteiger partial charge < -0.3 is 15.0 Å². The summed E-state index contributed by atoms with van der Waals surface area (Å²) in [6, 6.07) is 8.64. The number of methoxy groups -OCH3 is 1. The fourth-order valence-electron chi connectivity index (χ4n) is 3.09. The first-order chi connectivity index (χ1) is 10.2. The van der Waals surface area contributed by atoms with E-state index in [0.29, 0.717) is 12.6 Å². The van der Waals surface area contributed by atoms with E-state index < -0.39 is 0 Å². The number of ether oxygens (including phenoxy) is 1. The number of anilines is 1. The smallest absolute Gasteiger partial charge is 0.319 e. The molecule has 21 heavy (non-hydrogen) atoms. The van der Waals surface area contributed by atoms with Crippen LogP contribution in [0.2, 0.25) is 0 Å². The van der Waals surface area contributed by atoms with E-state index in [0.717, 1.165) is 31.6 Å². The van der Waals surface area contributed by atoms with E-state index in [4.69, 9.17) is 10.5 Å². The molecule has 2 N–H and O–H groups in total. The summed E-state index contributed by atoms with van der Waals surface area (Å²) in [5.74, 6) is -0.160. The number of esters is 1. The van der Waals surface area contributed by atoms with Crippen LogP contribution in [0.1, 0.15) is 18.9 Å². The lowest BCUT2D eigenvalue weighted by molar-refractivity contribution is -0.142. The van der Waals surface area contributed by atoms with E-state index >= 15 is 0 Å². The average molecular weight is 287 g/mol. The molecule has 1 aromatic heterocycles. The van der Waals surface area contributed by atoms with Gasteiger partial charge in [-0.2, -0.15) is 0 Å². The van der Waals surface area contributed by atoms with Crippen molar-refractivity contribution in [3.8, 4) is 0 Å². The minimum absolute atomic E-state index is 0.160. The van der Waals surface area contributed by atoms with Crippen LogP contribution >= 0.6 is 0 Å². The molecule has 0 bridgehead atoms. The molecule has 0 unspecified atom stereocenters. The Morgan fingerprint density at radius 3 is 2.81 bits per heavy atom. The van der Waals surface area contributed by atoms with Gasteiger partial charge in [0.15, 0.2) is 0 Å². The maximum absolute atomic E-state index is 11.3. The summed E-state index contributed by atoms with van der Waals surface area (Å²) in [6.07, 6.45) is 4.22. The SMILES string of the molecule is COC(=O)CN1CCC(n2ccc3ccc(N)cc32)CC1. The van der Waals surface area contributed by atoms with Crippen LogP contribution in [0, 0.1) is 0 Å². The van der Waals surface area contributed by atoms with Gasteiger partial charge in [0.1, 0.15) is 0 Å². The third kappa shape index (κ3) is 2.88. The van der Waals surface area contributed by atoms with Gasteiger partial charge in [0, 0.05) is 31.0 Å². The molecule has 0 atom stereocenters. The lowest BCUT2D eigenvalue weighted by Crippen LogP contribution is -2.38. The summed E-state index contributed by atoms with van der Waals surface area (Å²) >= 11 is 0. The Bertz CT molecular complexity index is 642. The molecular formula is C16H21N3O2. The first kappa shape index (κ1) is 13.9. The summed E-state index contributed by atoms with van der Waals surface area (Å²) in [5.41, 5.74) is 7.89. The molecular weight excluding hydrogens is 266 g/mol. The zero-order valence-electron chi connectivity index (χ0n) is 12.3. The van der Waals surface area contributed by atoms with Crippen molar-refractivity contribution in [3.63, 3.8) is 0 Å². The number of piperidine rings is 1. The van der Waals surface area contributed by atoms with Crippen molar-refractivity contribution in [2.45, 2.75) is 18.9 Å². The third-order valence-electron chi connectivity index (χ3n) is 4.28. The average Bonchev–Trinajstić information content (AvgIpc) is 2.91. The summed E-state index contributed by atoms with van der Waals surface area (Å²) < 4.78 is 7.04. The number of hydrogen-bond acceptors (Lipinski definition) is 4. The van der Waals surface area contributed by atoms with Crippen molar-refractivity contribution >= 4 is 22.6 Å². The Morgan fingerprint density at radius 1 is 1.33 bits per heavy atom. The molecule has 0 spiro atoms. The van der Waals surface area contributed by atoms with Crippen LogP contribution in [0.3, 0.4) is 0 Å². The summed E-state index contributed by atoms with van der Waals surface area (Å²) in [7, 11) is 1.44. The Morgan fingerprint density at radius 2 is 2.10 bits per heavy atom. The lowest BCUT2D eigenvalue weighted by Gasteiger charge is -2.32. The zero-order valence-corrected chi connectivity index (χ0v) is 12.3. The molecule has 1 aromatic carbocycles. The van der Waals surface area contributed by atoms with E-state index in [1.807, 2.05) is 12.1 Å². The maximum atomic E-state index is 11.3. The second-order valence-corrected chi connectivity index (χ2v) is 5.62. The van der Waals surface area contributed by atoms with Gasteiger partial charge in [-0.25, -0.2) is 0 Å². The van der Waals surface area contributed by atoms with Crippen molar-refractivity contribution in [2.75, 3.05) is 32.5 Å². The van der Waals surface area contributed by atoms with Gasteiger partial charge in [0.2, 0.25) is 0 Å². The minimum Gasteiger partial charge on any atom is -0.468 e. The number of hydrogen-bond donors (Lipinski definition) is 1. The Kier molecular flexibility index (Phi) is 3.84. The van der Waals surface area contributed by atoms with Gasteiger partial charge in [0.05, 0.1) is 19.2 Å². The molecule has 1 fully saturated rings. The van der Waals surface area contributed by atoms with Crippen LogP contribution in [0.4, 0.5) is 5.69 Å². The largest absolute Gasteiger partial charge is 0.468 e. The Labute approximate surface area is 124 Å². The van der Waals surface area contributed by atoms with Crippen molar-refractivity contribution in [3.05, 3.63) is 30.5 Å². The predicted molar refractivity (Wildman–Crippen MR) is 83.1 cm³/mol. The van der Waals surface area contributed by atoms with E-state index in [-0.39, 0.29) is 5.97 Å². The van der Waals surface area contributed by atoms with Gasteiger partial charge in [0.25, 0.3) is 0 Å². The molecule has 2 heterocycles. The number of aromatic nitrogens is 1. The standard InChI is InChI=1S/C16H21N3O2/c1-21-16(20)11-18-7-5-14(6-8-18)19-9-4-12-2-3-13(17)10-15(12)19/h2-4,9-10,14H,5-8,11,17H2,1H3. The number of carbonyl (C=O) groups excluding carboxylic acids is 1. The van der Waals surface area contributed by atoms with E-state index in [1.54, 1.807) is 0 Å². The van der Waals surface area contributed by atoms with E-state index in [2.05, 4.69) is 27.8 Å². The molecule has 1 aliphatic rings. The summed E-state index contributed by atoms with van der Waals surface area (Å²) in [4.78, 5) is 13.5. The number of rotatable bonds is 3. The normalized spacial score (nSPS) is 17.2. The van der Waals surface area contributed by atoms with Crippen LogP contribution < -0.4 is 5.73 Å². The number of nitrogen functional groups attached to an aromatic ring is 1. The van der Waals surface area contributed by atoms with E-state index in [9.17, 15) is 4.79 Å². The Balaban J connectivity index is 1.71. The van der Waals surface area contributed by atoms with Gasteiger partial charge in [-0.1, -0.05) is 6.07 Å². The van der Waals surface area contributed by atoms with Gasteiger partial charge in [-0.15, -0.1) is 0 Å². The zero-order chi connectivity index (χ0) is 14.8. The molecule has 1 aliphatic heterocycles. The van der Waals surface area contributed by atoms with E-state index in [1.165, 1.54) is 18.0 Å². The fraction of sp³-hybridized carbons (Fsp3) is 0.438. The molecule has 0 saturated carbocycles. The molecule has 0 amide bonds. The molecule has 0 aliphatic carbocycles. The first-order valence-electron chi connectivity index (χ1n) is 7.32. The van der Waals surface area contributed by atoms with Crippen molar-refractivity contribution < 1.29 is 9.53 Å². The first-order valence-corrected chi connectivity index (χ1v) is 7.32. The number of nitrogens with zero attached hydrogens (tertiary/aromatic N) is 2. The highest BCUT2D eigenvalue weighted by molar-refractivity contribution is 5.83. The molecule has 2 aromatic rings. The van der Waals surface area contributed by atoms with Crippen LogP contribution in [-0.4, -0.2) is 42.2 Å². The maximum Gasteiger partial charge on any atom is 0.319 e. The van der Waals surface area contributed by atoms with Crippen molar-refractivity contribution in [2.24, 2.45) is 0 Å². The second kappa shape index (κ2) is 5.77. The number of fused-ring (bicyclic) bond motifs is 1. The van der Waals surface area contributed by atoms with Gasteiger partial charge in [-0.05, 0) is 36.4 Å². The molecule has 112 valence electrons. The predicted octanol–water partition coefficient (Wildman–Crippen LogP) is 2.03. The topological polar surface area (TPSA) is 60.5 Å². The highest BCUT2D eigenvalue weighted by Gasteiger charge is 2.22. The molecule has 0 radical (unpaired) electrons. The van der Waals surface area contributed by atoms with Crippen LogP contribution in [-0.2, 0) is 9.53 Å². The van der Waals surface area contributed by atoms with Gasteiger partial charge in [-0.3, -0.25) is 9.69 Å². The third-order valence-corrected chi connectivity index (χ3v) is 4.28. The monoisotopic (exact) mass is 287 g/mol. The highest BCUT2D eigenvalue weighted by Crippen LogP contribution is 2.28. The fourth-order valence-corrected chi connectivity index (χ4v) is 3.09. The van der Waals surface area contributed by atoms with Crippen LogP contribution in [0.25, 0.3) is 10.9 Å². The second-order valence-electron chi connectivity index (χ2n) is 5.62. The van der Waals surface area contributed by atoms with Crippen LogP contribution in [0.15, 0.2) is 30.5 Å². The molecule has 1 saturated heterocycles. The number of likely N-dealkylation sites (tertiary alicyclic amines) is 1. The number of benzene rings is 1. The highest BCUT2D eigenvalue weighted by atomic mass is 16.5. The summed E-state index contributed by atoms with van der Waals surface area (Å²) in [6.45, 7) is 2.23. The quantitative estimate of drug-likeness (QED) is 0.693. The summed E-state index contributed by atoms with van der Waals surface area (Å²) in [5, 5.41) is 1.22. The molecule has 3 rings (SSSR count). The lowest BCUT2D eigenvalue weighted by atomic mass is 10.0.